The van der Waals surface area contributed by atoms with E-state index in [9.17, 15) is 20.1 Å². The van der Waals surface area contributed by atoms with Gasteiger partial charge in [-0.05, 0) is 81.8 Å². The summed E-state index contributed by atoms with van der Waals surface area (Å²) in [7, 11) is 0. The maximum atomic E-state index is 13.2. The molecule has 1 spiro atoms. The first kappa shape index (κ1) is 23.9. The summed E-state index contributed by atoms with van der Waals surface area (Å²) < 4.78 is 6.28. The van der Waals surface area contributed by atoms with Gasteiger partial charge in [0.25, 0.3) is 5.91 Å². The number of aliphatic hydroxyl groups is 2. The molecule has 4 aliphatic rings. The average molecular weight is 501 g/mol. The zero-order valence-corrected chi connectivity index (χ0v) is 21.1. The molecule has 4 atom stereocenters. The van der Waals surface area contributed by atoms with Gasteiger partial charge in [0.15, 0.2) is 17.6 Å². The Balaban J connectivity index is 1.41. The van der Waals surface area contributed by atoms with Gasteiger partial charge in [0, 0.05) is 29.4 Å². The number of likely N-dealkylation sites (tertiary alicyclic amines) is 1. The van der Waals surface area contributed by atoms with Crippen molar-refractivity contribution in [2.24, 2.45) is 5.92 Å². The Morgan fingerprint density at radius 3 is 2.81 bits per heavy atom. The molecule has 2 heterocycles. The summed E-state index contributed by atoms with van der Waals surface area (Å²) in [4.78, 5) is 15.6. The maximum Gasteiger partial charge on any atom is 0.254 e. The number of benzene rings is 2. The van der Waals surface area contributed by atoms with E-state index in [0.29, 0.717) is 35.8 Å². The van der Waals surface area contributed by atoms with Crippen LogP contribution in [0.15, 0.2) is 47.7 Å². The second kappa shape index (κ2) is 8.27. The van der Waals surface area contributed by atoms with E-state index in [1.165, 1.54) is 19.8 Å². The summed E-state index contributed by atoms with van der Waals surface area (Å²) in [6.07, 6.45) is 8.07. The van der Waals surface area contributed by atoms with E-state index < -0.39 is 23.0 Å². The number of anilines is 1. The smallest absolute Gasteiger partial charge is 0.254 e. The Kier molecular flexibility index (Phi) is 5.34. The van der Waals surface area contributed by atoms with Gasteiger partial charge in [-0.1, -0.05) is 18.1 Å². The normalized spacial score (nSPS) is 30.5. The van der Waals surface area contributed by atoms with Gasteiger partial charge in [0.05, 0.1) is 16.6 Å². The molecule has 4 N–H and O–H groups in total. The van der Waals surface area contributed by atoms with Crippen molar-refractivity contribution < 1.29 is 24.9 Å². The van der Waals surface area contributed by atoms with Gasteiger partial charge in [-0.3, -0.25) is 9.69 Å². The van der Waals surface area contributed by atoms with Crippen molar-refractivity contribution in [2.45, 2.75) is 62.7 Å². The van der Waals surface area contributed by atoms with Crippen LogP contribution in [0.3, 0.4) is 0 Å². The van der Waals surface area contributed by atoms with Crippen LogP contribution in [0.2, 0.25) is 0 Å². The number of hydrogen-bond acceptors (Lipinski definition) is 6. The number of hydrogen-bond donors (Lipinski definition) is 4. The minimum atomic E-state index is -1.26. The molecule has 0 aromatic heterocycles. The van der Waals surface area contributed by atoms with Crippen LogP contribution >= 0.6 is 0 Å². The number of aromatic hydroxyl groups is 1. The number of nitrogens with one attached hydrogen (secondary N) is 1. The number of phenols is 1. The first-order valence-corrected chi connectivity index (χ1v) is 12.9. The van der Waals surface area contributed by atoms with Gasteiger partial charge in [-0.25, -0.2) is 0 Å². The van der Waals surface area contributed by atoms with Crippen LogP contribution in [0.25, 0.3) is 0 Å². The van der Waals surface area contributed by atoms with Crippen molar-refractivity contribution in [2.75, 3.05) is 18.4 Å². The number of nitrogens with zero attached hydrogens (tertiary/aromatic N) is 1. The highest BCUT2D eigenvalue weighted by Crippen LogP contribution is 2.63. The Bertz CT molecular complexity index is 1370. The van der Waals surface area contributed by atoms with E-state index in [1.807, 2.05) is 13.0 Å². The molecule has 1 amide bonds. The van der Waals surface area contributed by atoms with E-state index in [1.54, 1.807) is 30.3 Å². The number of terminal acetylenes is 1. The average Bonchev–Trinajstić information content (AvgIpc) is 3.62. The highest BCUT2D eigenvalue weighted by atomic mass is 16.5. The fourth-order valence-corrected chi connectivity index (χ4v) is 6.80. The summed E-state index contributed by atoms with van der Waals surface area (Å²) >= 11 is 0. The molecule has 0 radical (unpaired) electrons. The second-order valence-corrected chi connectivity index (χ2v) is 11.2. The van der Waals surface area contributed by atoms with Gasteiger partial charge in [-0.2, -0.15) is 0 Å². The quantitative estimate of drug-likeness (QED) is 0.284. The highest BCUT2D eigenvalue weighted by molar-refractivity contribution is 6.03. The van der Waals surface area contributed by atoms with Gasteiger partial charge in [0.1, 0.15) is 5.76 Å². The lowest BCUT2D eigenvalue weighted by molar-refractivity contribution is -0.153. The van der Waals surface area contributed by atoms with Crippen LogP contribution in [0.1, 0.15) is 49.8 Å². The number of ether oxygens (including phenoxy) is 1. The summed E-state index contributed by atoms with van der Waals surface area (Å²) in [6.45, 7) is 5.05. The molecule has 1 saturated carbocycles. The van der Waals surface area contributed by atoms with Gasteiger partial charge in [-0.15, -0.1) is 6.42 Å². The SMILES string of the molecule is C#Cc1cccc(NC(=O)/C(C)=C(\O)[C@@H]2Oc3c(O)ccc4c3[C@@]23CCN(CC2CC2)[C@H](C4)[C@@]3(C)O)c1. The van der Waals surface area contributed by atoms with Crippen molar-refractivity contribution in [1.82, 2.24) is 4.90 Å². The van der Waals surface area contributed by atoms with Crippen LogP contribution in [0, 0.1) is 18.3 Å². The van der Waals surface area contributed by atoms with E-state index in [4.69, 9.17) is 11.2 Å². The Hall–Kier alpha value is -3.47. The van der Waals surface area contributed by atoms with Gasteiger partial charge >= 0.3 is 0 Å². The van der Waals surface area contributed by atoms with Crippen LogP contribution in [0.5, 0.6) is 11.5 Å². The topological polar surface area (TPSA) is 102 Å². The number of carbonyl (C=O) groups is 1. The van der Waals surface area contributed by atoms with Gasteiger partial charge < -0.3 is 25.4 Å². The Labute approximate surface area is 216 Å². The molecule has 1 saturated heterocycles. The van der Waals surface area contributed by atoms with Crippen molar-refractivity contribution >= 4 is 11.6 Å². The molecular weight excluding hydrogens is 468 g/mol. The standard InChI is InChI=1S/C30H32N2O5/c1-4-18-6-5-7-21(14-18)31-28(35)17(2)25(34)27-30-12-13-32(16-19-8-9-19)23(29(30,3)36)15-20-10-11-22(33)26(37-27)24(20)30/h1,5-7,10-11,14,19,23,27,33-34,36H,8-9,12-13,15-16H2,2-3H3,(H,31,35)/b25-17-/t23-,27+,29-,30+/m1/s1. The third kappa shape index (κ3) is 3.47. The minimum Gasteiger partial charge on any atom is -0.508 e. The molecule has 2 fully saturated rings. The van der Waals surface area contributed by atoms with Crippen LogP contribution < -0.4 is 10.1 Å². The maximum absolute atomic E-state index is 13.2. The number of piperidine rings is 1. The zero-order valence-electron chi connectivity index (χ0n) is 21.1. The number of amides is 1. The van der Waals surface area contributed by atoms with Crippen molar-refractivity contribution in [3.63, 3.8) is 0 Å². The molecule has 6 rings (SSSR count). The highest BCUT2D eigenvalue weighted by Gasteiger charge is 2.69. The zero-order chi connectivity index (χ0) is 26.1. The van der Waals surface area contributed by atoms with E-state index in [-0.39, 0.29) is 23.1 Å². The second-order valence-electron chi connectivity index (χ2n) is 11.2. The lowest BCUT2D eigenvalue weighted by atomic mass is 9.53. The monoisotopic (exact) mass is 500 g/mol. The fourth-order valence-electron chi connectivity index (χ4n) is 6.80. The third-order valence-electron chi connectivity index (χ3n) is 9.00. The molecule has 2 aliphatic carbocycles. The van der Waals surface area contributed by atoms with Gasteiger partial charge in [0.2, 0.25) is 0 Å². The number of carbonyl (C=O) groups excluding carboxylic acids is 1. The number of rotatable bonds is 5. The molecule has 7 heteroatoms. The predicted molar refractivity (Wildman–Crippen MR) is 140 cm³/mol. The third-order valence-corrected chi connectivity index (χ3v) is 9.00. The molecule has 37 heavy (non-hydrogen) atoms. The first-order chi connectivity index (χ1) is 17.7. The number of fused-ring (bicyclic) bond motifs is 1. The van der Waals surface area contributed by atoms with E-state index in [0.717, 1.165) is 24.2 Å². The lowest BCUT2D eigenvalue weighted by Gasteiger charge is -2.59. The molecule has 192 valence electrons. The Morgan fingerprint density at radius 2 is 2.08 bits per heavy atom. The largest absolute Gasteiger partial charge is 0.508 e. The molecule has 2 bridgehead atoms. The van der Waals surface area contributed by atoms with E-state index in [2.05, 4.69) is 16.1 Å². The molecule has 2 aromatic rings. The predicted octanol–water partition coefficient (Wildman–Crippen LogP) is 3.63. The van der Waals surface area contributed by atoms with Crippen LogP contribution in [-0.2, 0) is 16.6 Å². The van der Waals surface area contributed by atoms with Crippen molar-refractivity contribution in [1.29, 1.82) is 0 Å². The molecular formula is C30H32N2O5. The number of aliphatic hydroxyl groups excluding tert-OH is 1. The van der Waals surface area contributed by atoms with E-state index >= 15 is 0 Å². The van der Waals surface area contributed by atoms with Crippen LogP contribution in [0.4, 0.5) is 5.69 Å². The van der Waals surface area contributed by atoms with Crippen molar-refractivity contribution in [3.05, 3.63) is 64.4 Å². The Morgan fingerprint density at radius 1 is 1.30 bits per heavy atom. The molecule has 7 nitrogen and oxygen atoms in total. The molecule has 2 aromatic carbocycles. The molecule has 2 aliphatic heterocycles. The minimum absolute atomic E-state index is 0.0312. The first-order valence-electron chi connectivity index (χ1n) is 12.9. The summed E-state index contributed by atoms with van der Waals surface area (Å²) in [5.74, 6) is 2.73. The van der Waals surface area contributed by atoms with Crippen molar-refractivity contribution in [3.8, 4) is 23.8 Å². The molecule has 0 unspecified atom stereocenters. The fraction of sp³-hybridized carbons (Fsp3) is 0.433. The summed E-state index contributed by atoms with van der Waals surface area (Å²) in [5.41, 5.74) is 0.719. The summed E-state index contributed by atoms with van der Waals surface area (Å²) in [6, 6.07) is 10.3. The lowest BCUT2D eigenvalue weighted by Crippen LogP contribution is -2.73. The summed E-state index contributed by atoms with van der Waals surface area (Å²) in [5, 5.41) is 37.3. The van der Waals surface area contributed by atoms with Crippen LogP contribution in [-0.4, -0.2) is 57.0 Å². The number of phenolic OH excluding ortho intramolecular Hbond substituents is 1.